The molecule has 0 spiro atoms. The molecule has 1 aliphatic rings. The van der Waals surface area contributed by atoms with Crippen LogP contribution < -0.4 is 15.3 Å². The second-order valence-electron chi connectivity index (χ2n) is 10.3. The van der Waals surface area contributed by atoms with Crippen molar-refractivity contribution in [3.05, 3.63) is 46.6 Å². The van der Waals surface area contributed by atoms with Gasteiger partial charge >= 0.3 is 12.6 Å². The highest BCUT2D eigenvalue weighted by Gasteiger charge is 2.35. The number of carbonyl (C=O) groups is 1. The van der Waals surface area contributed by atoms with Gasteiger partial charge in [0.15, 0.2) is 5.82 Å². The number of hydrogen-bond donors (Lipinski definition) is 1. The molecule has 0 radical (unpaired) electrons. The van der Waals surface area contributed by atoms with Gasteiger partial charge in [0.25, 0.3) is 15.6 Å². The fourth-order valence-electron chi connectivity index (χ4n) is 4.67. The van der Waals surface area contributed by atoms with E-state index in [4.69, 9.17) is 0 Å². The molecule has 3 aromatic rings. The Morgan fingerprint density at radius 2 is 1.90 bits per heavy atom. The molecule has 1 N–H and O–H groups in total. The molecule has 1 saturated heterocycles. The van der Waals surface area contributed by atoms with Crippen molar-refractivity contribution in [2.24, 2.45) is 0 Å². The van der Waals surface area contributed by atoms with Crippen molar-refractivity contribution >= 4 is 39.2 Å². The summed E-state index contributed by atoms with van der Waals surface area (Å²) in [5.41, 5.74) is -0.880. The van der Waals surface area contributed by atoms with E-state index in [1.165, 1.54) is 16.7 Å². The van der Waals surface area contributed by atoms with Gasteiger partial charge in [0.2, 0.25) is 5.95 Å². The van der Waals surface area contributed by atoms with Crippen LogP contribution in [0.5, 0.6) is 0 Å². The molecule has 1 aromatic carbocycles. The highest BCUT2D eigenvalue weighted by molar-refractivity contribution is 7.92. The highest BCUT2D eigenvalue weighted by Crippen LogP contribution is 2.30. The Morgan fingerprint density at radius 3 is 2.50 bits per heavy atom. The van der Waals surface area contributed by atoms with Crippen molar-refractivity contribution in [3.63, 3.8) is 0 Å². The molecule has 11 nitrogen and oxygen atoms in total. The number of alkyl halides is 3. The normalized spacial score (nSPS) is 15.2. The van der Waals surface area contributed by atoms with Gasteiger partial charge in [-0.2, -0.15) is 18.2 Å². The molecule has 16 heteroatoms. The SMILES string of the molecule is CC(C)n1c(=O)c(-c2ccc(N(OC=O)S(=O)(=O)CCC(F)(F)F)c(F)c2)cc2cnc(NC3CCN(C)CC3)nc21. The lowest BCUT2D eigenvalue weighted by Gasteiger charge is -2.29. The van der Waals surface area contributed by atoms with Crippen LogP contribution in [0.3, 0.4) is 0 Å². The summed E-state index contributed by atoms with van der Waals surface area (Å²) in [6, 6.07) is 4.23. The summed E-state index contributed by atoms with van der Waals surface area (Å²) in [4.78, 5) is 40.1. The van der Waals surface area contributed by atoms with Crippen molar-refractivity contribution in [1.29, 1.82) is 0 Å². The lowest BCUT2D eigenvalue weighted by atomic mass is 10.0. The lowest BCUT2D eigenvalue weighted by Crippen LogP contribution is -2.37. The minimum Gasteiger partial charge on any atom is -0.351 e. The number of pyridine rings is 1. The van der Waals surface area contributed by atoms with Crippen molar-refractivity contribution in [2.45, 2.75) is 51.4 Å². The Morgan fingerprint density at radius 1 is 1.21 bits per heavy atom. The molecule has 0 bridgehead atoms. The van der Waals surface area contributed by atoms with Crippen LogP contribution >= 0.6 is 0 Å². The monoisotopic (exact) mass is 614 g/mol. The van der Waals surface area contributed by atoms with Crippen LogP contribution in [0.1, 0.15) is 39.2 Å². The van der Waals surface area contributed by atoms with Gasteiger partial charge in [-0.05, 0) is 70.6 Å². The Bertz CT molecular complexity index is 1620. The average Bonchev–Trinajstić information content (AvgIpc) is 2.91. The molecule has 228 valence electrons. The number of piperidine rings is 1. The lowest BCUT2D eigenvalue weighted by molar-refractivity contribution is -0.130. The largest absolute Gasteiger partial charge is 0.390 e. The van der Waals surface area contributed by atoms with Gasteiger partial charge in [-0.25, -0.2) is 17.8 Å². The van der Waals surface area contributed by atoms with Crippen LogP contribution in [0.2, 0.25) is 0 Å². The zero-order valence-corrected chi connectivity index (χ0v) is 23.9. The molecular weight excluding hydrogens is 584 g/mol. The number of nitrogens with one attached hydrogen (secondary N) is 1. The van der Waals surface area contributed by atoms with E-state index in [1.54, 1.807) is 20.0 Å². The third-order valence-electron chi connectivity index (χ3n) is 6.83. The van der Waals surface area contributed by atoms with Gasteiger partial charge in [-0.15, -0.1) is 0 Å². The molecule has 0 saturated carbocycles. The second-order valence-corrected chi connectivity index (χ2v) is 12.2. The number of aromatic nitrogens is 3. The number of carbonyl (C=O) groups excluding carboxylic acids is 1. The first-order valence-corrected chi connectivity index (χ1v) is 14.7. The third-order valence-corrected chi connectivity index (χ3v) is 8.34. The van der Waals surface area contributed by atoms with Crippen LogP contribution in [0.15, 0.2) is 35.3 Å². The number of anilines is 2. The molecule has 3 heterocycles. The number of nitrogens with zero attached hydrogens (tertiary/aromatic N) is 5. The Kier molecular flexibility index (Phi) is 9.06. The predicted molar refractivity (Wildman–Crippen MR) is 148 cm³/mol. The highest BCUT2D eigenvalue weighted by atomic mass is 32.2. The van der Waals surface area contributed by atoms with Gasteiger partial charge in [-0.1, -0.05) is 10.5 Å². The van der Waals surface area contributed by atoms with E-state index >= 15 is 4.39 Å². The fraction of sp³-hybridized carbons (Fsp3) is 0.462. The smallest absolute Gasteiger partial charge is 0.351 e. The fourth-order valence-corrected chi connectivity index (χ4v) is 5.94. The number of sulfonamides is 1. The molecule has 0 aliphatic carbocycles. The molecule has 1 aliphatic heterocycles. The zero-order valence-electron chi connectivity index (χ0n) is 23.1. The van der Waals surface area contributed by atoms with Crippen molar-refractivity contribution in [2.75, 3.05) is 35.7 Å². The quantitative estimate of drug-likeness (QED) is 0.206. The first-order valence-electron chi connectivity index (χ1n) is 13.1. The molecule has 42 heavy (non-hydrogen) atoms. The maximum absolute atomic E-state index is 15.2. The number of hydrogen-bond acceptors (Lipinski definition) is 9. The van der Waals surface area contributed by atoms with E-state index in [2.05, 4.69) is 32.1 Å². The van der Waals surface area contributed by atoms with Crippen LogP contribution in [-0.4, -0.2) is 72.4 Å². The van der Waals surface area contributed by atoms with E-state index in [0.717, 1.165) is 38.1 Å². The second kappa shape index (κ2) is 12.2. The maximum Gasteiger partial charge on any atom is 0.390 e. The summed E-state index contributed by atoms with van der Waals surface area (Å²) < 4.78 is 79.3. The van der Waals surface area contributed by atoms with Gasteiger partial charge < -0.3 is 15.1 Å². The van der Waals surface area contributed by atoms with Crippen LogP contribution in [-0.2, 0) is 19.7 Å². The predicted octanol–water partition coefficient (Wildman–Crippen LogP) is 3.86. The van der Waals surface area contributed by atoms with Gasteiger partial charge in [0, 0.05) is 29.2 Å². The van der Waals surface area contributed by atoms with Crippen molar-refractivity contribution in [3.8, 4) is 11.1 Å². The van der Waals surface area contributed by atoms with Gasteiger partial charge in [0.05, 0.1) is 12.2 Å². The Hall–Kier alpha value is -3.79. The zero-order chi connectivity index (χ0) is 30.8. The van der Waals surface area contributed by atoms with E-state index in [0.29, 0.717) is 17.0 Å². The van der Waals surface area contributed by atoms with E-state index in [1.807, 2.05) is 0 Å². The van der Waals surface area contributed by atoms with Crippen molar-refractivity contribution in [1.82, 2.24) is 19.4 Å². The molecular formula is C26H30F4N6O5S. The van der Waals surface area contributed by atoms with E-state index < -0.39 is 45.4 Å². The summed E-state index contributed by atoms with van der Waals surface area (Å²) in [6.45, 7) is 5.07. The Labute approximate surface area is 239 Å². The number of likely N-dealkylation sites (tertiary alicyclic amines) is 1. The first-order chi connectivity index (χ1) is 19.7. The number of rotatable bonds is 10. The van der Waals surface area contributed by atoms with Gasteiger partial charge in [-0.3, -0.25) is 14.2 Å². The standard InChI is InChI=1S/C26H30F4N6O5S/c1-16(2)35-23-18(14-31-25(33-23)32-19-6-9-34(3)10-7-19)12-20(24(35)38)17-4-5-22(21(27)13-17)36(41-15-37)42(39,40)11-8-26(28,29)30/h4-5,12-16,19H,6-11H2,1-3H3,(H,31,32,33). The van der Waals surface area contributed by atoms with Gasteiger partial charge in [0.1, 0.15) is 11.3 Å². The summed E-state index contributed by atoms with van der Waals surface area (Å²) in [6.07, 6.45) is -3.19. The van der Waals surface area contributed by atoms with Crippen LogP contribution in [0.25, 0.3) is 22.2 Å². The molecule has 0 unspecified atom stereocenters. The summed E-state index contributed by atoms with van der Waals surface area (Å²) in [7, 11) is -2.86. The molecule has 0 atom stereocenters. The van der Waals surface area contributed by atoms with E-state index in [9.17, 15) is 31.2 Å². The molecule has 2 aromatic heterocycles. The molecule has 1 fully saturated rings. The number of fused-ring (bicyclic) bond motifs is 1. The first kappa shape index (κ1) is 31.2. The molecule has 4 rings (SSSR count). The molecule has 0 amide bonds. The van der Waals surface area contributed by atoms with E-state index in [-0.39, 0.29) is 34.2 Å². The summed E-state index contributed by atoms with van der Waals surface area (Å²) in [5, 5.41) is 3.81. The topological polar surface area (TPSA) is 127 Å². The van der Waals surface area contributed by atoms with Crippen LogP contribution in [0, 0.1) is 5.82 Å². The number of benzene rings is 1. The maximum atomic E-state index is 15.2. The number of halogens is 4. The third kappa shape index (κ3) is 6.98. The Balaban J connectivity index is 1.71. The summed E-state index contributed by atoms with van der Waals surface area (Å²) >= 11 is 0. The summed E-state index contributed by atoms with van der Waals surface area (Å²) in [5.74, 6) is -2.37. The minimum atomic E-state index is -4.91. The van der Waals surface area contributed by atoms with Crippen LogP contribution in [0.4, 0.5) is 29.2 Å². The minimum absolute atomic E-state index is 0.0454. The average molecular weight is 615 g/mol. The van der Waals surface area contributed by atoms with Crippen molar-refractivity contribution < 1.29 is 35.6 Å².